The Morgan fingerprint density at radius 2 is 1.34 bits per heavy atom. The molecule has 5 rings (SSSR count). The van der Waals surface area contributed by atoms with Crippen LogP contribution in [-0.2, 0) is 6.42 Å². The minimum Gasteiger partial charge on any atom is -0.342 e. The maximum absolute atomic E-state index is 5.92. The van der Waals surface area contributed by atoms with Crippen molar-refractivity contribution in [3.8, 4) is 33.6 Å². The van der Waals surface area contributed by atoms with E-state index in [2.05, 4.69) is 80.6 Å². The Labute approximate surface area is 186 Å². The van der Waals surface area contributed by atoms with Gasteiger partial charge in [0.1, 0.15) is 11.6 Å². The maximum atomic E-state index is 5.92. The van der Waals surface area contributed by atoms with Crippen molar-refractivity contribution < 1.29 is 0 Å². The minimum atomic E-state index is -0.112. The molecule has 3 aromatic carbocycles. The first-order valence-corrected chi connectivity index (χ1v) is 10.8. The number of nitrogens with one attached hydrogen (secondary N) is 2. The lowest BCUT2D eigenvalue weighted by molar-refractivity contribution is 0.756. The summed E-state index contributed by atoms with van der Waals surface area (Å²) in [6.07, 6.45) is 4.46. The fourth-order valence-electron chi connectivity index (χ4n) is 3.92. The van der Waals surface area contributed by atoms with Crippen LogP contribution in [0.3, 0.4) is 0 Å². The molecule has 0 spiro atoms. The average molecular weight is 423 g/mol. The molecular weight excluding hydrogens is 396 g/mol. The van der Waals surface area contributed by atoms with E-state index in [0.29, 0.717) is 6.54 Å². The van der Waals surface area contributed by atoms with Gasteiger partial charge in [-0.05, 0) is 53.1 Å². The number of benzene rings is 3. The van der Waals surface area contributed by atoms with E-state index in [1.165, 1.54) is 21.9 Å². The van der Waals surface area contributed by atoms with Crippen molar-refractivity contribution in [1.29, 1.82) is 0 Å². The molecular formula is C26H26N6. The van der Waals surface area contributed by atoms with Gasteiger partial charge in [0, 0.05) is 12.0 Å². The number of aromatic nitrogens is 4. The van der Waals surface area contributed by atoms with Gasteiger partial charge in [0.15, 0.2) is 0 Å². The van der Waals surface area contributed by atoms with Gasteiger partial charge in [0.25, 0.3) is 0 Å². The van der Waals surface area contributed by atoms with Crippen molar-refractivity contribution in [1.82, 2.24) is 19.9 Å². The number of nitrogens with two attached hydrogens (primary N) is 2. The summed E-state index contributed by atoms with van der Waals surface area (Å²) in [6.45, 7) is 2.51. The van der Waals surface area contributed by atoms with E-state index in [4.69, 9.17) is 11.5 Å². The molecule has 6 nitrogen and oxygen atoms in total. The summed E-state index contributed by atoms with van der Waals surface area (Å²) in [5, 5.41) is 2.38. The third kappa shape index (κ3) is 3.93. The number of hydrogen-bond acceptors (Lipinski definition) is 4. The molecule has 1 atom stereocenters. The first-order valence-electron chi connectivity index (χ1n) is 10.8. The molecule has 0 aliphatic rings. The Kier molecular flexibility index (Phi) is 5.31. The van der Waals surface area contributed by atoms with Crippen LogP contribution in [0.4, 0.5) is 0 Å². The molecule has 0 saturated carbocycles. The van der Waals surface area contributed by atoms with E-state index in [1.54, 1.807) is 0 Å². The third-order valence-electron chi connectivity index (χ3n) is 5.72. The number of nitrogens with zero attached hydrogens (tertiary/aromatic N) is 2. The van der Waals surface area contributed by atoms with Gasteiger partial charge >= 0.3 is 0 Å². The van der Waals surface area contributed by atoms with Crippen LogP contribution in [0.15, 0.2) is 73.1 Å². The topological polar surface area (TPSA) is 109 Å². The van der Waals surface area contributed by atoms with Gasteiger partial charge in [-0.1, -0.05) is 48.5 Å². The summed E-state index contributed by atoms with van der Waals surface area (Å²) >= 11 is 0. The number of imidazole rings is 2. The Morgan fingerprint density at radius 1 is 0.750 bits per heavy atom. The predicted molar refractivity (Wildman–Crippen MR) is 130 cm³/mol. The smallest absolute Gasteiger partial charge is 0.123 e. The molecule has 0 amide bonds. The van der Waals surface area contributed by atoms with Crippen LogP contribution in [0.5, 0.6) is 0 Å². The van der Waals surface area contributed by atoms with E-state index >= 15 is 0 Å². The largest absolute Gasteiger partial charge is 0.342 e. The Hall–Kier alpha value is -3.74. The molecule has 6 heteroatoms. The highest BCUT2D eigenvalue weighted by Gasteiger charge is 2.08. The fourth-order valence-corrected chi connectivity index (χ4v) is 3.92. The van der Waals surface area contributed by atoms with Gasteiger partial charge in [-0.15, -0.1) is 0 Å². The summed E-state index contributed by atoms with van der Waals surface area (Å²) in [6, 6.07) is 21.4. The van der Waals surface area contributed by atoms with Gasteiger partial charge < -0.3 is 21.4 Å². The normalized spacial score (nSPS) is 12.3. The summed E-state index contributed by atoms with van der Waals surface area (Å²) < 4.78 is 0. The molecule has 0 saturated heterocycles. The van der Waals surface area contributed by atoms with Crippen molar-refractivity contribution in [3.63, 3.8) is 0 Å². The highest BCUT2D eigenvalue weighted by molar-refractivity contribution is 5.90. The Bertz CT molecular complexity index is 1360. The van der Waals surface area contributed by atoms with Crippen molar-refractivity contribution in [2.24, 2.45) is 11.5 Å². The summed E-state index contributed by atoms with van der Waals surface area (Å²) in [7, 11) is 0. The molecule has 0 fully saturated rings. The first-order chi connectivity index (χ1) is 15.6. The Morgan fingerprint density at radius 3 is 2.03 bits per heavy atom. The van der Waals surface area contributed by atoms with Crippen LogP contribution in [0.25, 0.3) is 44.4 Å². The second-order valence-corrected chi connectivity index (χ2v) is 8.11. The number of hydrogen-bond donors (Lipinski definition) is 4. The summed E-state index contributed by atoms with van der Waals surface area (Å²) in [4.78, 5) is 15.4. The summed E-state index contributed by atoms with van der Waals surface area (Å²) in [5.41, 5.74) is 18.1. The zero-order valence-corrected chi connectivity index (χ0v) is 18.0. The van der Waals surface area contributed by atoms with Crippen molar-refractivity contribution >= 4 is 10.8 Å². The number of fused-ring (bicyclic) bond motifs is 1. The van der Waals surface area contributed by atoms with Crippen LogP contribution in [0.1, 0.15) is 24.6 Å². The molecule has 0 aliphatic heterocycles. The van der Waals surface area contributed by atoms with Gasteiger partial charge in [-0.2, -0.15) is 0 Å². The van der Waals surface area contributed by atoms with Crippen molar-refractivity contribution in [2.75, 3.05) is 6.54 Å². The van der Waals surface area contributed by atoms with E-state index in [1.807, 2.05) is 19.3 Å². The Balaban J connectivity index is 1.40. The molecule has 0 radical (unpaired) electrons. The molecule has 0 aliphatic carbocycles. The average Bonchev–Trinajstić information content (AvgIpc) is 3.49. The lowest BCUT2D eigenvalue weighted by atomic mass is 9.98. The highest BCUT2D eigenvalue weighted by Crippen LogP contribution is 2.29. The van der Waals surface area contributed by atoms with E-state index in [9.17, 15) is 0 Å². The van der Waals surface area contributed by atoms with Crippen molar-refractivity contribution in [2.45, 2.75) is 19.4 Å². The van der Waals surface area contributed by atoms with Crippen molar-refractivity contribution in [3.05, 3.63) is 84.7 Å². The lowest BCUT2D eigenvalue weighted by Gasteiger charge is -2.07. The fraction of sp³-hybridized carbons (Fsp3) is 0.154. The molecule has 6 N–H and O–H groups in total. The molecule has 0 bridgehead atoms. The molecule has 2 heterocycles. The van der Waals surface area contributed by atoms with Gasteiger partial charge in [0.2, 0.25) is 0 Å². The number of aromatic amines is 2. The van der Waals surface area contributed by atoms with Crippen LogP contribution < -0.4 is 11.5 Å². The minimum absolute atomic E-state index is 0.112. The second-order valence-electron chi connectivity index (χ2n) is 8.11. The lowest BCUT2D eigenvalue weighted by Crippen LogP contribution is -2.06. The van der Waals surface area contributed by atoms with Gasteiger partial charge in [-0.25, -0.2) is 9.97 Å². The zero-order chi connectivity index (χ0) is 22.1. The molecule has 160 valence electrons. The quantitative estimate of drug-likeness (QED) is 0.315. The molecule has 32 heavy (non-hydrogen) atoms. The number of H-pyrrole nitrogens is 2. The van der Waals surface area contributed by atoms with Crippen LogP contribution >= 0.6 is 0 Å². The third-order valence-corrected chi connectivity index (χ3v) is 5.72. The van der Waals surface area contributed by atoms with E-state index in [-0.39, 0.29) is 6.04 Å². The van der Waals surface area contributed by atoms with Crippen LogP contribution in [0, 0.1) is 0 Å². The van der Waals surface area contributed by atoms with Crippen LogP contribution in [-0.4, -0.2) is 26.5 Å². The van der Waals surface area contributed by atoms with E-state index < -0.39 is 0 Å². The maximum Gasteiger partial charge on any atom is 0.123 e. The molecule has 5 aromatic rings. The zero-order valence-electron chi connectivity index (χ0n) is 18.0. The molecule has 0 unspecified atom stereocenters. The second kappa shape index (κ2) is 8.42. The van der Waals surface area contributed by atoms with Gasteiger partial charge in [-0.3, -0.25) is 0 Å². The first kappa shape index (κ1) is 20.2. The predicted octanol–water partition coefficient (Wildman–Crippen LogP) is 4.81. The van der Waals surface area contributed by atoms with E-state index in [0.717, 1.165) is 40.6 Å². The van der Waals surface area contributed by atoms with Gasteiger partial charge in [0.05, 0.1) is 29.8 Å². The monoisotopic (exact) mass is 422 g/mol. The number of rotatable bonds is 6. The SMILES string of the molecule is C[C@H](N)c1ncc(-c2ccc3cc(-c4ccc(-c5cnc(CCN)[nH]5)cc4)ccc3c2)[nH]1. The summed E-state index contributed by atoms with van der Waals surface area (Å²) in [5.74, 6) is 1.72. The molecule has 2 aromatic heterocycles. The standard InChI is InChI=1S/C26H26N6/c1-16(28)26-30-15-24(32-26)22-9-8-20-12-19(6-7-21(20)13-22)17-2-4-18(5-3-17)23-14-29-25(31-23)10-11-27/h2-9,12-16H,10-11,27-28H2,1H3,(H,29,31)(H,30,32)/t16-/m0/s1. The van der Waals surface area contributed by atoms with Crippen LogP contribution in [0.2, 0.25) is 0 Å². The highest BCUT2D eigenvalue weighted by atomic mass is 15.0.